The van der Waals surface area contributed by atoms with E-state index < -0.39 is 0 Å². The van der Waals surface area contributed by atoms with Gasteiger partial charge in [-0.2, -0.15) is 5.10 Å². The van der Waals surface area contributed by atoms with Crippen LogP contribution in [0, 0.1) is 6.92 Å². The van der Waals surface area contributed by atoms with Crippen LogP contribution < -0.4 is 0 Å². The van der Waals surface area contributed by atoms with Crippen molar-refractivity contribution < 1.29 is 0 Å². The molecule has 0 saturated heterocycles. The minimum absolute atomic E-state index is 0.767. The first kappa shape index (κ1) is 7.97. The van der Waals surface area contributed by atoms with Crippen molar-refractivity contribution in [3.8, 4) is 0 Å². The Morgan fingerprint density at radius 2 is 2.21 bits per heavy atom. The largest absolute Gasteiger partial charge is 0.250 e. The molecule has 2 aromatic heterocycles. The van der Waals surface area contributed by atoms with Gasteiger partial charge in [-0.3, -0.25) is 4.68 Å². The Morgan fingerprint density at radius 1 is 1.43 bits per heavy atom. The molecule has 0 N–H and O–H groups in total. The molecular weight excluding hydrogens is 174 g/mol. The number of rotatable bonds is 1. The topological polar surface area (TPSA) is 30.7 Å². The Morgan fingerprint density at radius 3 is 2.93 bits per heavy atom. The molecule has 1 aliphatic carbocycles. The molecule has 1 saturated carbocycles. The van der Waals surface area contributed by atoms with Crippen LogP contribution in [0.2, 0.25) is 0 Å². The quantitative estimate of drug-likeness (QED) is 0.685. The fourth-order valence-corrected chi connectivity index (χ4v) is 2.14. The lowest BCUT2D eigenvalue weighted by atomic mass is 10.1. The lowest BCUT2D eigenvalue weighted by Gasteiger charge is -2.00. The molecule has 0 bridgehead atoms. The number of aromatic nitrogens is 3. The van der Waals surface area contributed by atoms with Crippen LogP contribution in [-0.4, -0.2) is 14.8 Å². The highest BCUT2D eigenvalue weighted by Gasteiger charge is 2.27. The van der Waals surface area contributed by atoms with Crippen molar-refractivity contribution in [3.63, 3.8) is 0 Å². The Hall–Kier alpha value is -1.38. The summed E-state index contributed by atoms with van der Waals surface area (Å²) in [6.45, 7) is 2.07. The third-order valence-electron chi connectivity index (χ3n) is 2.95. The van der Waals surface area contributed by atoms with E-state index in [1.54, 1.807) is 0 Å². The molecule has 3 heteroatoms. The van der Waals surface area contributed by atoms with Gasteiger partial charge >= 0.3 is 0 Å². The summed E-state index contributed by atoms with van der Waals surface area (Å²) >= 11 is 0. The van der Waals surface area contributed by atoms with Crippen LogP contribution in [0.25, 0.3) is 11.0 Å². The van der Waals surface area contributed by atoms with Gasteiger partial charge in [0.05, 0.1) is 5.69 Å². The first-order valence-electron chi connectivity index (χ1n) is 5.05. The van der Waals surface area contributed by atoms with Gasteiger partial charge in [0, 0.05) is 18.6 Å². The third-order valence-corrected chi connectivity index (χ3v) is 2.95. The molecule has 0 aliphatic heterocycles. The molecule has 1 aliphatic rings. The first-order chi connectivity index (χ1) is 6.77. The van der Waals surface area contributed by atoms with E-state index in [2.05, 4.69) is 23.1 Å². The van der Waals surface area contributed by atoms with E-state index in [1.807, 2.05) is 17.9 Å². The number of hydrogen-bond donors (Lipinski definition) is 0. The van der Waals surface area contributed by atoms with Crippen molar-refractivity contribution in [1.82, 2.24) is 14.8 Å². The van der Waals surface area contributed by atoms with E-state index in [0.29, 0.717) is 0 Å². The van der Waals surface area contributed by atoms with Gasteiger partial charge in [-0.15, -0.1) is 0 Å². The van der Waals surface area contributed by atoms with Gasteiger partial charge in [-0.25, -0.2) is 4.98 Å². The Labute approximate surface area is 82.8 Å². The molecule has 0 amide bonds. The zero-order valence-corrected chi connectivity index (χ0v) is 8.49. The molecule has 0 unspecified atom stereocenters. The van der Waals surface area contributed by atoms with Gasteiger partial charge in [-0.05, 0) is 37.3 Å². The number of hydrogen-bond acceptors (Lipinski definition) is 2. The first-order valence-corrected chi connectivity index (χ1v) is 5.05. The predicted octanol–water partition coefficient (Wildman–Crippen LogP) is 2.15. The van der Waals surface area contributed by atoms with Crippen LogP contribution in [0.4, 0.5) is 0 Å². The second-order valence-corrected chi connectivity index (χ2v) is 4.08. The smallest absolute Gasteiger partial charge is 0.158 e. The van der Waals surface area contributed by atoms with Crippen LogP contribution >= 0.6 is 0 Å². The number of nitrogens with zero attached hydrogens (tertiary/aromatic N) is 3. The third kappa shape index (κ3) is 0.983. The zero-order chi connectivity index (χ0) is 9.71. The fraction of sp³-hybridized carbons (Fsp3) is 0.455. The van der Waals surface area contributed by atoms with E-state index in [1.165, 1.54) is 23.8 Å². The Kier molecular flexibility index (Phi) is 1.46. The summed E-state index contributed by atoms with van der Waals surface area (Å²) in [5.74, 6) is 0.767. The zero-order valence-electron chi connectivity index (χ0n) is 8.49. The summed E-state index contributed by atoms with van der Waals surface area (Å²) in [6, 6.07) is 2.15. The fourth-order valence-electron chi connectivity index (χ4n) is 2.14. The molecule has 1 fully saturated rings. The van der Waals surface area contributed by atoms with Crippen molar-refractivity contribution in [2.45, 2.75) is 25.7 Å². The average molecular weight is 187 g/mol. The molecule has 3 nitrogen and oxygen atoms in total. The van der Waals surface area contributed by atoms with E-state index >= 15 is 0 Å². The normalized spacial score (nSPS) is 16.4. The molecule has 0 atom stereocenters. The minimum Gasteiger partial charge on any atom is -0.250 e. The van der Waals surface area contributed by atoms with Crippen LogP contribution in [0.3, 0.4) is 0 Å². The van der Waals surface area contributed by atoms with Crippen LogP contribution in [-0.2, 0) is 7.05 Å². The van der Waals surface area contributed by atoms with Gasteiger partial charge < -0.3 is 0 Å². The highest BCUT2D eigenvalue weighted by Crippen LogP contribution is 2.43. The number of fused-ring (bicyclic) bond motifs is 1. The van der Waals surface area contributed by atoms with E-state index in [0.717, 1.165) is 17.3 Å². The van der Waals surface area contributed by atoms with Crippen molar-refractivity contribution in [3.05, 3.63) is 23.5 Å². The lowest BCUT2D eigenvalue weighted by molar-refractivity contribution is 0.774. The monoisotopic (exact) mass is 187 g/mol. The molecule has 0 aromatic carbocycles. The summed E-state index contributed by atoms with van der Waals surface area (Å²) in [7, 11) is 1.96. The number of aryl methyl sites for hydroxylation is 2. The Balaban J connectivity index is 2.38. The number of pyridine rings is 1. The van der Waals surface area contributed by atoms with E-state index in [9.17, 15) is 0 Å². The summed E-state index contributed by atoms with van der Waals surface area (Å²) in [4.78, 5) is 4.37. The summed E-state index contributed by atoms with van der Waals surface area (Å²) in [6.07, 6.45) is 4.55. The van der Waals surface area contributed by atoms with Crippen molar-refractivity contribution >= 4 is 11.0 Å². The lowest BCUT2D eigenvalue weighted by Crippen LogP contribution is -1.92. The van der Waals surface area contributed by atoms with Gasteiger partial charge in [0.1, 0.15) is 0 Å². The highest BCUT2D eigenvalue weighted by atomic mass is 15.3. The Bertz CT molecular complexity index is 494. The standard InChI is InChI=1S/C11H13N3/c1-7-10-9(8-3-4-8)5-6-12-11(10)14(2)13-7/h5-6,8H,3-4H2,1-2H3. The maximum absolute atomic E-state index is 4.42. The molecule has 2 heterocycles. The average Bonchev–Trinajstić information content (AvgIpc) is 2.96. The second kappa shape index (κ2) is 2.56. The molecule has 2 aromatic rings. The van der Waals surface area contributed by atoms with Crippen molar-refractivity contribution in [1.29, 1.82) is 0 Å². The predicted molar refractivity (Wildman–Crippen MR) is 55.2 cm³/mol. The van der Waals surface area contributed by atoms with Gasteiger partial charge in [0.2, 0.25) is 0 Å². The second-order valence-electron chi connectivity index (χ2n) is 4.08. The SMILES string of the molecule is Cc1nn(C)c2nccc(C3CC3)c12. The minimum atomic E-state index is 0.767. The molecular formula is C11H13N3. The van der Waals surface area contributed by atoms with Crippen LogP contribution in [0.15, 0.2) is 12.3 Å². The molecule has 14 heavy (non-hydrogen) atoms. The maximum atomic E-state index is 4.42. The van der Waals surface area contributed by atoms with Crippen LogP contribution in [0.1, 0.15) is 30.0 Å². The summed E-state index contributed by atoms with van der Waals surface area (Å²) in [5.41, 5.74) is 3.57. The molecule has 0 spiro atoms. The van der Waals surface area contributed by atoms with Gasteiger partial charge in [0.25, 0.3) is 0 Å². The van der Waals surface area contributed by atoms with Gasteiger partial charge in [-0.1, -0.05) is 0 Å². The van der Waals surface area contributed by atoms with Crippen LogP contribution in [0.5, 0.6) is 0 Å². The maximum Gasteiger partial charge on any atom is 0.158 e. The van der Waals surface area contributed by atoms with Gasteiger partial charge in [0.15, 0.2) is 5.65 Å². The van der Waals surface area contributed by atoms with Crippen molar-refractivity contribution in [2.24, 2.45) is 7.05 Å². The molecule has 3 rings (SSSR count). The van der Waals surface area contributed by atoms with E-state index in [4.69, 9.17) is 0 Å². The van der Waals surface area contributed by atoms with Crippen molar-refractivity contribution in [2.75, 3.05) is 0 Å². The summed E-state index contributed by atoms with van der Waals surface area (Å²) in [5, 5.41) is 5.69. The van der Waals surface area contributed by atoms with E-state index in [-0.39, 0.29) is 0 Å². The highest BCUT2D eigenvalue weighted by molar-refractivity contribution is 5.82. The molecule has 0 radical (unpaired) electrons. The molecule has 72 valence electrons. The summed E-state index contributed by atoms with van der Waals surface area (Å²) < 4.78 is 1.87.